The molecule has 0 atom stereocenters. The number of carboxylic acids is 2. The van der Waals surface area contributed by atoms with Crippen molar-refractivity contribution in [2.45, 2.75) is 0 Å². The molecule has 0 aliphatic carbocycles. The highest BCUT2D eigenvalue weighted by Gasteiger charge is 2.25. The summed E-state index contributed by atoms with van der Waals surface area (Å²) in [5, 5.41) is 24.2. The van der Waals surface area contributed by atoms with Gasteiger partial charge in [0.2, 0.25) is 0 Å². The van der Waals surface area contributed by atoms with Crippen LogP contribution in [0.3, 0.4) is 0 Å². The van der Waals surface area contributed by atoms with Gasteiger partial charge in [0, 0.05) is 21.5 Å². The molecule has 2 N–H and O–H groups in total. The van der Waals surface area contributed by atoms with Gasteiger partial charge in [0.05, 0.1) is 44.6 Å². The van der Waals surface area contributed by atoms with Gasteiger partial charge >= 0.3 is 11.9 Å². The first-order chi connectivity index (χ1) is 18.5. The third-order valence-electron chi connectivity index (χ3n) is 7.22. The minimum absolute atomic E-state index is 0.265. The van der Waals surface area contributed by atoms with E-state index >= 15 is 0 Å². The van der Waals surface area contributed by atoms with Crippen LogP contribution in [0.15, 0.2) is 109 Å². The van der Waals surface area contributed by atoms with E-state index in [0.717, 1.165) is 43.6 Å². The first-order valence-corrected chi connectivity index (χ1v) is 12.2. The Morgan fingerprint density at radius 1 is 0.447 bits per heavy atom. The van der Waals surface area contributed by atoms with Crippen molar-refractivity contribution in [2.24, 2.45) is 0 Å². The standard InChI is InChI=1S/C32H20N2O4/c35-31(36)23-17-29(33-25-13-5-1-9-19(25)20-10-2-6-14-26(20)33)30(18-24(23)32(37)38)34-27-15-7-3-11-21(27)22-12-4-8-16-28(22)34/h1-18H,(H,35,36)(H,37,38). The quantitative estimate of drug-likeness (QED) is 0.268. The van der Waals surface area contributed by atoms with E-state index in [-0.39, 0.29) is 11.1 Å². The number of para-hydroxylation sites is 4. The van der Waals surface area contributed by atoms with Crippen LogP contribution >= 0.6 is 0 Å². The van der Waals surface area contributed by atoms with Crippen molar-refractivity contribution >= 4 is 55.6 Å². The molecule has 0 saturated heterocycles. The van der Waals surface area contributed by atoms with E-state index in [1.165, 1.54) is 12.1 Å². The highest BCUT2D eigenvalue weighted by molar-refractivity contribution is 6.12. The summed E-state index contributed by atoms with van der Waals surface area (Å²) in [6, 6.07) is 34.8. The lowest BCUT2D eigenvalue weighted by Gasteiger charge is -2.19. The molecule has 0 unspecified atom stereocenters. The molecule has 0 aliphatic heterocycles. The zero-order valence-corrected chi connectivity index (χ0v) is 20.0. The lowest BCUT2D eigenvalue weighted by molar-refractivity contribution is 0.0651. The first kappa shape index (κ1) is 21.9. The van der Waals surface area contributed by atoms with Crippen LogP contribution in [0.1, 0.15) is 20.7 Å². The predicted octanol–water partition coefficient (Wildman–Crippen LogP) is 7.28. The fourth-order valence-corrected chi connectivity index (χ4v) is 5.65. The second kappa shape index (κ2) is 8.08. The van der Waals surface area contributed by atoms with Gasteiger partial charge in [-0.25, -0.2) is 9.59 Å². The molecule has 0 saturated carbocycles. The average molecular weight is 497 g/mol. The van der Waals surface area contributed by atoms with Crippen molar-refractivity contribution in [1.29, 1.82) is 0 Å². The number of fused-ring (bicyclic) bond motifs is 6. The maximum absolute atomic E-state index is 12.3. The summed E-state index contributed by atoms with van der Waals surface area (Å²) in [7, 11) is 0. The number of nitrogens with zero attached hydrogens (tertiary/aromatic N) is 2. The molecular weight excluding hydrogens is 476 g/mol. The number of hydrogen-bond acceptors (Lipinski definition) is 2. The minimum atomic E-state index is -1.29. The van der Waals surface area contributed by atoms with Gasteiger partial charge in [-0.2, -0.15) is 0 Å². The summed E-state index contributed by atoms with van der Waals surface area (Å²) in [6.45, 7) is 0. The lowest BCUT2D eigenvalue weighted by Crippen LogP contribution is -2.13. The monoisotopic (exact) mass is 496 g/mol. The Kier molecular flexibility index (Phi) is 4.65. The molecule has 0 fully saturated rings. The van der Waals surface area contributed by atoms with E-state index in [1.54, 1.807) is 0 Å². The van der Waals surface area contributed by atoms with Crippen LogP contribution in [0.5, 0.6) is 0 Å². The molecular formula is C32H20N2O4. The Morgan fingerprint density at radius 2 is 0.711 bits per heavy atom. The van der Waals surface area contributed by atoms with Crippen molar-refractivity contribution < 1.29 is 19.8 Å². The Hall–Kier alpha value is -5.36. The van der Waals surface area contributed by atoms with E-state index in [9.17, 15) is 19.8 Å². The fourth-order valence-electron chi connectivity index (χ4n) is 5.65. The van der Waals surface area contributed by atoms with E-state index in [4.69, 9.17) is 0 Å². The summed E-state index contributed by atoms with van der Waals surface area (Å²) in [5.74, 6) is -2.59. The summed E-state index contributed by atoms with van der Waals surface area (Å²) in [6.07, 6.45) is 0. The zero-order chi connectivity index (χ0) is 26.0. The summed E-state index contributed by atoms with van der Waals surface area (Å²) in [5.41, 5.74) is 4.22. The third kappa shape index (κ3) is 3.01. The van der Waals surface area contributed by atoms with Crippen molar-refractivity contribution in [3.63, 3.8) is 0 Å². The van der Waals surface area contributed by atoms with E-state index < -0.39 is 11.9 Å². The van der Waals surface area contributed by atoms with Crippen molar-refractivity contribution in [3.05, 3.63) is 120 Å². The predicted molar refractivity (Wildman–Crippen MR) is 149 cm³/mol. The van der Waals surface area contributed by atoms with Gasteiger partial charge < -0.3 is 19.3 Å². The van der Waals surface area contributed by atoms with E-state index in [0.29, 0.717) is 11.4 Å². The maximum atomic E-state index is 12.3. The second-order valence-electron chi connectivity index (χ2n) is 9.24. The van der Waals surface area contributed by atoms with Crippen LogP contribution in [0.2, 0.25) is 0 Å². The molecule has 0 radical (unpaired) electrons. The van der Waals surface area contributed by atoms with Crippen LogP contribution in [0, 0.1) is 0 Å². The number of carbonyl (C=O) groups is 2. The van der Waals surface area contributed by atoms with Crippen molar-refractivity contribution in [3.8, 4) is 11.4 Å². The topological polar surface area (TPSA) is 84.5 Å². The van der Waals surface area contributed by atoms with Crippen molar-refractivity contribution in [2.75, 3.05) is 0 Å². The van der Waals surface area contributed by atoms with Crippen LogP contribution < -0.4 is 0 Å². The Bertz CT molecular complexity index is 1840. The van der Waals surface area contributed by atoms with Gasteiger partial charge in [0.1, 0.15) is 0 Å². The Labute approximate surface area is 216 Å². The molecule has 0 amide bonds. The van der Waals surface area contributed by atoms with Gasteiger partial charge in [-0.05, 0) is 36.4 Å². The SMILES string of the molecule is O=C(O)c1cc(-n2c3ccccc3c3ccccc32)c(-n2c3ccccc3c3ccccc32)cc1C(=O)O. The molecule has 5 aromatic carbocycles. The Balaban J connectivity index is 1.72. The van der Waals surface area contributed by atoms with Gasteiger partial charge in [-0.15, -0.1) is 0 Å². The first-order valence-electron chi connectivity index (χ1n) is 12.2. The van der Waals surface area contributed by atoms with Gasteiger partial charge in [-0.1, -0.05) is 72.8 Å². The largest absolute Gasteiger partial charge is 0.478 e. The van der Waals surface area contributed by atoms with Gasteiger partial charge in [0.15, 0.2) is 0 Å². The summed E-state index contributed by atoms with van der Waals surface area (Å²) in [4.78, 5) is 24.6. The maximum Gasteiger partial charge on any atom is 0.336 e. The molecule has 6 nitrogen and oxygen atoms in total. The molecule has 7 aromatic rings. The molecule has 182 valence electrons. The molecule has 0 spiro atoms. The smallest absolute Gasteiger partial charge is 0.336 e. The van der Waals surface area contributed by atoms with Crippen LogP contribution in [0.25, 0.3) is 55.0 Å². The molecule has 38 heavy (non-hydrogen) atoms. The summed E-state index contributed by atoms with van der Waals surface area (Å²) >= 11 is 0. The lowest BCUT2D eigenvalue weighted by atomic mass is 10.0. The van der Waals surface area contributed by atoms with E-state index in [1.807, 2.05) is 106 Å². The molecule has 0 aliphatic rings. The fraction of sp³-hybridized carbons (Fsp3) is 0. The highest BCUT2D eigenvalue weighted by Crippen LogP contribution is 2.39. The molecule has 7 rings (SSSR count). The molecule has 0 bridgehead atoms. The number of carboxylic acid groups (broad SMARTS) is 2. The minimum Gasteiger partial charge on any atom is -0.478 e. The number of rotatable bonds is 4. The number of aromatic carboxylic acids is 2. The summed E-state index contributed by atoms with van der Waals surface area (Å²) < 4.78 is 4.06. The zero-order valence-electron chi connectivity index (χ0n) is 20.0. The van der Waals surface area contributed by atoms with Crippen LogP contribution in [0.4, 0.5) is 0 Å². The van der Waals surface area contributed by atoms with Crippen LogP contribution in [-0.4, -0.2) is 31.3 Å². The van der Waals surface area contributed by atoms with Gasteiger partial charge in [-0.3, -0.25) is 0 Å². The molecule has 2 aromatic heterocycles. The van der Waals surface area contributed by atoms with E-state index in [2.05, 4.69) is 0 Å². The number of aromatic nitrogens is 2. The average Bonchev–Trinajstić information content (AvgIpc) is 3.45. The van der Waals surface area contributed by atoms with Crippen LogP contribution in [-0.2, 0) is 0 Å². The molecule has 6 heteroatoms. The molecule has 2 heterocycles. The Morgan fingerprint density at radius 3 is 0.974 bits per heavy atom. The van der Waals surface area contributed by atoms with Gasteiger partial charge in [0.25, 0.3) is 0 Å². The third-order valence-corrected chi connectivity index (χ3v) is 7.22. The normalized spacial score (nSPS) is 11.6. The second-order valence-corrected chi connectivity index (χ2v) is 9.24. The number of benzene rings is 5. The highest BCUT2D eigenvalue weighted by atomic mass is 16.4. The number of hydrogen-bond donors (Lipinski definition) is 2. The van der Waals surface area contributed by atoms with Crippen molar-refractivity contribution in [1.82, 2.24) is 9.13 Å².